The number of hydrogen-bond donors (Lipinski definition) is 1. The molecule has 1 heterocycles. The first kappa shape index (κ1) is 18.6. The molecule has 3 nitrogen and oxygen atoms in total. The van der Waals surface area contributed by atoms with Gasteiger partial charge in [-0.15, -0.1) is 0 Å². The third-order valence-electron chi connectivity index (χ3n) is 5.45. The van der Waals surface area contributed by atoms with Gasteiger partial charge in [-0.3, -0.25) is 0 Å². The summed E-state index contributed by atoms with van der Waals surface area (Å²) in [5.41, 5.74) is 7.68. The Bertz CT molecular complexity index is 966. The lowest BCUT2D eigenvalue weighted by molar-refractivity contribution is 0.283. The molecule has 0 fully saturated rings. The summed E-state index contributed by atoms with van der Waals surface area (Å²) in [4.78, 5) is 0. The van der Waals surface area contributed by atoms with E-state index in [4.69, 9.17) is 9.47 Å². The molecule has 3 heteroatoms. The molecule has 3 aromatic carbocycles. The van der Waals surface area contributed by atoms with Gasteiger partial charge in [0, 0.05) is 6.54 Å². The van der Waals surface area contributed by atoms with Crippen LogP contribution in [0.15, 0.2) is 60.7 Å². The summed E-state index contributed by atoms with van der Waals surface area (Å²) in [5, 5.41) is 3.69. The Morgan fingerprint density at radius 2 is 1.75 bits per heavy atom. The quantitative estimate of drug-likeness (QED) is 0.673. The molecule has 4 rings (SSSR count). The minimum absolute atomic E-state index is 0.175. The van der Waals surface area contributed by atoms with Gasteiger partial charge >= 0.3 is 0 Å². The van der Waals surface area contributed by atoms with Gasteiger partial charge in [-0.1, -0.05) is 54.1 Å². The third kappa shape index (κ3) is 3.76. The van der Waals surface area contributed by atoms with Crippen LogP contribution in [-0.2, 0) is 13.0 Å². The molecule has 1 unspecified atom stereocenters. The predicted molar refractivity (Wildman–Crippen MR) is 113 cm³/mol. The molecule has 0 radical (unpaired) electrons. The van der Waals surface area contributed by atoms with Gasteiger partial charge < -0.3 is 14.8 Å². The monoisotopic (exact) mass is 373 g/mol. The van der Waals surface area contributed by atoms with Gasteiger partial charge in [0.1, 0.15) is 6.61 Å². The molecule has 0 aromatic heterocycles. The lowest BCUT2D eigenvalue weighted by Crippen LogP contribution is -2.31. The average Bonchev–Trinajstić information content (AvgIpc) is 2.72. The SMILES string of the molecule is COc1cc2c(cc1OCc1ccccc1)C(c1ccc(C)cc1C)NCC2. The van der Waals surface area contributed by atoms with Crippen LogP contribution in [-0.4, -0.2) is 13.7 Å². The summed E-state index contributed by atoms with van der Waals surface area (Å²) in [6, 6.07) is 21.4. The van der Waals surface area contributed by atoms with Crippen molar-refractivity contribution in [3.63, 3.8) is 0 Å². The zero-order chi connectivity index (χ0) is 19.5. The van der Waals surface area contributed by atoms with E-state index in [9.17, 15) is 0 Å². The number of nitrogens with one attached hydrogen (secondary N) is 1. The summed E-state index contributed by atoms with van der Waals surface area (Å²) in [6.07, 6.45) is 0.992. The first-order valence-corrected chi connectivity index (χ1v) is 9.84. The van der Waals surface area contributed by atoms with Gasteiger partial charge in [-0.2, -0.15) is 0 Å². The van der Waals surface area contributed by atoms with Gasteiger partial charge in [-0.25, -0.2) is 0 Å². The second-order valence-electron chi connectivity index (χ2n) is 7.47. The first-order valence-electron chi connectivity index (χ1n) is 9.84. The number of rotatable bonds is 5. The van der Waals surface area contributed by atoms with Gasteiger partial charge in [0.2, 0.25) is 0 Å². The van der Waals surface area contributed by atoms with E-state index in [0.717, 1.165) is 30.0 Å². The Balaban J connectivity index is 1.69. The number of aryl methyl sites for hydroxylation is 2. The van der Waals surface area contributed by atoms with Crippen LogP contribution in [0.1, 0.15) is 39.4 Å². The zero-order valence-electron chi connectivity index (χ0n) is 16.8. The van der Waals surface area contributed by atoms with E-state index in [-0.39, 0.29) is 6.04 Å². The van der Waals surface area contributed by atoms with E-state index in [1.165, 1.54) is 27.8 Å². The maximum Gasteiger partial charge on any atom is 0.162 e. The van der Waals surface area contributed by atoms with Crippen molar-refractivity contribution >= 4 is 0 Å². The summed E-state index contributed by atoms with van der Waals surface area (Å²) in [5.74, 6) is 1.60. The molecule has 0 aliphatic carbocycles. The maximum atomic E-state index is 6.16. The smallest absolute Gasteiger partial charge is 0.162 e. The fraction of sp³-hybridized carbons (Fsp3) is 0.280. The van der Waals surface area contributed by atoms with Crippen molar-refractivity contribution in [2.24, 2.45) is 0 Å². The average molecular weight is 373 g/mol. The summed E-state index contributed by atoms with van der Waals surface area (Å²) < 4.78 is 11.8. The molecule has 1 atom stereocenters. The highest BCUT2D eigenvalue weighted by Gasteiger charge is 2.25. The number of ether oxygens (including phenoxy) is 2. The van der Waals surface area contributed by atoms with Crippen LogP contribution in [0.4, 0.5) is 0 Å². The molecule has 3 aromatic rings. The van der Waals surface area contributed by atoms with Crippen molar-refractivity contribution in [1.29, 1.82) is 0 Å². The van der Waals surface area contributed by atoms with E-state index >= 15 is 0 Å². The molecule has 0 saturated heterocycles. The molecule has 28 heavy (non-hydrogen) atoms. The Labute approximate surface area is 167 Å². The van der Waals surface area contributed by atoms with Gasteiger partial charge in [0.15, 0.2) is 11.5 Å². The fourth-order valence-electron chi connectivity index (χ4n) is 4.00. The number of hydrogen-bond acceptors (Lipinski definition) is 3. The molecule has 1 aliphatic rings. The lowest BCUT2D eigenvalue weighted by atomic mass is 9.87. The molecule has 0 amide bonds. The molecule has 0 bridgehead atoms. The summed E-state index contributed by atoms with van der Waals surface area (Å²) in [7, 11) is 1.71. The van der Waals surface area contributed by atoms with E-state index in [1.54, 1.807) is 7.11 Å². The van der Waals surface area contributed by atoms with Crippen LogP contribution in [0.25, 0.3) is 0 Å². The fourth-order valence-corrected chi connectivity index (χ4v) is 4.00. The van der Waals surface area contributed by atoms with Crippen molar-refractivity contribution < 1.29 is 9.47 Å². The highest BCUT2D eigenvalue weighted by molar-refractivity contribution is 5.52. The van der Waals surface area contributed by atoms with Crippen molar-refractivity contribution in [3.05, 3.63) is 94.0 Å². The van der Waals surface area contributed by atoms with Crippen molar-refractivity contribution in [3.8, 4) is 11.5 Å². The molecule has 1 N–H and O–H groups in total. The third-order valence-corrected chi connectivity index (χ3v) is 5.45. The Hall–Kier alpha value is -2.78. The van der Waals surface area contributed by atoms with Crippen LogP contribution in [0.3, 0.4) is 0 Å². The molecule has 144 valence electrons. The van der Waals surface area contributed by atoms with Crippen LogP contribution in [0.2, 0.25) is 0 Å². The molecule has 0 saturated carbocycles. The second-order valence-corrected chi connectivity index (χ2v) is 7.47. The number of fused-ring (bicyclic) bond motifs is 1. The van der Waals surface area contributed by atoms with Crippen molar-refractivity contribution in [2.75, 3.05) is 13.7 Å². The molecule has 1 aliphatic heterocycles. The Morgan fingerprint density at radius 3 is 2.50 bits per heavy atom. The topological polar surface area (TPSA) is 30.5 Å². The number of methoxy groups -OCH3 is 1. The first-order chi connectivity index (χ1) is 13.7. The minimum atomic E-state index is 0.175. The molecule has 0 spiro atoms. The largest absolute Gasteiger partial charge is 0.493 e. The normalized spacial score (nSPS) is 15.8. The Kier molecular flexibility index (Phi) is 5.36. The van der Waals surface area contributed by atoms with E-state index in [1.807, 2.05) is 18.2 Å². The second kappa shape index (κ2) is 8.07. The van der Waals surface area contributed by atoms with Crippen molar-refractivity contribution in [2.45, 2.75) is 32.9 Å². The molecular weight excluding hydrogens is 346 g/mol. The van der Waals surface area contributed by atoms with E-state index in [2.05, 4.69) is 61.6 Å². The minimum Gasteiger partial charge on any atom is -0.493 e. The summed E-state index contributed by atoms with van der Waals surface area (Å²) in [6.45, 7) is 5.81. The molecular formula is C25H27NO2. The highest BCUT2D eigenvalue weighted by atomic mass is 16.5. The lowest BCUT2D eigenvalue weighted by Gasteiger charge is -2.30. The predicted octanol–water partition coefficient (Wildman–Crippen LogP) is 5.13. The Morgan fingerprint density at radius 1 is 0.929 bits per heavy atom. The summed E-state index contributed by atoms with van der Waals surface area (Å²) >= 11 is 0. The maximum absolute atomic E-state index is 6.16. The van der Waals surface area contributed by atoms with Gasteiger partial charge in [0.25, 0.3) is 0 Å². The van der Waals surface area contributed by atoms with Crippen LogP contribution >= 0.6 is 0 Å². The highest BCUT2D eigenvalue weighted by Crippen LogP contribution is 2.38. The van der Waals surface area contributed by atoms with Gasteiger partial charge in [-0.05, 0) is 60.2 Å². The van der Waals surface area contributed by atoms with Crippen LogP contribution in [0.5, 0.6) is 11.5 Å². The van der Waals surface area contributed by atoms with Crippen molar-refractivity contribution in [1.82, 2.24) is 5.32 Å². The zero-order valence-corrected chi connectivity index (χ0v) is 16.8. The van der Waals surface area contributed by atoms with Crippen LogP contribution in [0, 0.1) is 13.8 Å². The van der Waals surface area contributed by atoms with E-state index in [0.29, 0.717) is 6.61 Å². The van der Waals surface area contributed by atoms with Gasteiger partial charge in [0.05, 0.1) is 13.2 Å². The number of benzene rings is 3. The van der Waals surface area contributed by atoms with Crippen LogP contribution < -0.4 is 14.8 Å². The van der Waals surface area contributed by atoms with E-state index < -0.39 is 0 Å². The standard InChI is InChI=1S/C25H27NO2/c1-17-9-10-21(18(2)13-17)25-22-15-24(28-16-19-7-5-4-6-8-19)23(27-3)14-20(22)11-12-26-25/h4-10,13-15,25-26H,11-12,16H2,1-3H3.